The van der Waals surface area contributed by atoms with E-state index in [-0.39, 0.29) is 29.7 Å². The van der Waals surface area contributed by atoms with Crippen molar-refractivity contribution < 1.29 is 22.6 Å². The van der Waals surface area contributed by atoms with E-state index in [0.29, 0.717) is 49.8 Å². The van der Waals surface area contributed by atoms with Crippen LogP contribution in [-0.4, -0.2) is 77.3 Å². The van der Waals surface area contributed by atoms with Crippen molar-refractivity contribution in [2.75, 3.05) is 53.3 Å². The molecule has 8 nitrogen and oxygen atoms in total. The first kappa shape index (κ1) is 26.6. The Hall–Kier alpha value is -1.43. The van der Waals surface area contributed by atoms with E-state index in [0.717, 1.165) is 11.5 Å². The molecule has 1 saturated heterocycles. The van der Waals surface area contributed by atoms with Gasteiger partial charge in [-0.2, -0.15) is 0 Å². The molecular weight excluding hydrogens is 521 g/mol. The number of hydrogen-bond acceptors (Lipinski definition) is 6. The van der Waals surface area contributed by atoms with Crippen LogP contribution in [0.4, 0.5) is 0 Å². The van der Waals surface area contributed by atoms with E-state index >= 15 is 0 Å². The van der Waals surface area contributed by atoms with Crippen molar-refractivity contribution in [3.63, 3.8) is 0 Å². The highest BCUT2D eigenvalue weighted by Crippen LogP contribution is 2.39. The van der Waals surface area contributed by atoms with E-state index in [1.54, 1.807) is 35.2 Å². The van der Waals surface area contributed by atoms with Gasteiger partial charge < -0.3 is 24.4 Å². The average molecular weight is 555 g/mol. The van der Waals surface area contributed by atoms with Crippen LogP contribution in [0.1, 0.15) is 26.3 Å². The van der Waals surface area contributed by atoms with Crippen LogP contribution in [0.3, 0.4) is 0 Å². The molecule has 1 aliphatic heterocycles. The summed E-state index contributed by atoms with van der Waals surface area (Å²) in [6.07, 6.45) is 0.647. The highest BCUT2D eigenvalue weighted by atomic mass is 127. The van der Waals surface area contributed by atoms with E-state index in [2.05, 4.69) is 5.32 Å². The summed E-state index contributed by atoms with van der Waals surface area (Å²) in [6.45, 7) is 7.63. The molecule has 10 heteroatoms. The second kappa shape index (κ2) is 11.3. The minimum absolute atomic E-state index is 0. The smallest absolute Gasteiger partial charge is 0.203 e. The van der Waals surface area contributed by atoms with Crippen LogP contribution in [0.5, 0.6) is 17.2 Å². The molecule has 0 saturated carbocycles. The van der Waals surface area contributed by atoms with E-state index in [1.165, 1.54) is 0 Å². The van der Waals surface area contributed by atoms with Gasteiger partial charge in [-0.1, -0.05) is 6.07 Å². The van der Waals surface area contributed by atoms with Crippen molar-refractivity contribution in [2.24, 2.45) is 4.99 Å². The summed E-state index contributed by atoms with van der Waals surface area (Å²) >= 11 is 0. The SMILES string of the molecule is CCNC(=NCCc1ccc(OC)c(OC)c1OC)N1CCS(=O)(=O)C(C)(C)C1.I. The van der Waals surface area contributed by atoms with Gasteiger partial charge in [0, 0.05) is 31.7 Å². The van der Waals surface area contributed by atoms with Gasteiger partial charge in [0.1, 0.15) is 0 Å². The summed E-state index contributed by atoms with van der Waals surface area (Å²) in [5.74, 6) is 2.67. The Bertz CT molecular complexity index is 843. The maximum absolute atomic E-state index is 12.3. The molecule has 1 aliphatic rings. The zero-order valence-electron chi connectivity index (χ0n) is 18.6. The summed E-state index contributed by atoms with van der Waals surface area (Å²) in [5.41, 5.74) is 0.964. The Labute approximate surface area is 197 Å². The first-order chi connectivity index (χ1) is 13.7. The minimum atomic E-state index is -3.10. The maximum atomic E-state index is 12.3. The lowest BCUT2D eigenvalue weighted by Gasteiger charge is -2.39. The molecule has 1 aromatic rings. The molecule has 0 aromatic heterocycles. The quantitative estimate of drug-likeness (QED) is 0.314. The molecule has 0 unspecified atom stereocenters. The fraction of sp³-hybridized carbons (Fsp3) is 0.650. The molecule has 0 spiro atoms. The first-order valence-electron chi connectivity index (χ1n) is 9.74. The van der Waals surface area contributed by atoms with Crippen LogP contribution >= 0.6 is 24.0 Å². The average Bonchev–Trinajstić information content (AvgIpc) is 2.68. The fourth-order valence-corrected chi connectivity index (χ4v) is 4.76. The summed E-state index contributed by atoms with van der Waals surface area (Å²) in [7, 11) is 1.67. The second-order valence-electron chi connectivity index (χ2n) is 7.48. The predicted molar refractivity (Wildman–Crippen MR) is 131 cm³/mol. The molecule has 172 valence electrons. The zero-order valence-corrected chi connectivity index (χ0v) is 21.8. The van der Waals surface area contributed by atoms with Crippen molar-refractivity contribution in [3.05, 3.63) is 17.7 Å². The predicted octanol–water partition coefficient (Wildman–Crippen LogP) is 2.35. The van der Waals surface area contributed by atoms with Gasteiger partial charge >= 0.3 is 0 Å². The standard InChI is InChI=1S/C20H33N3O5S.HI/c1-7-21-19(23-12-13-29(24,25)20(2,3)14-23)22-11-10-15-8-9-16(26-4)18(28-6)17(15)27-5;/h8-9H,7,10-14H2,1-6H3,(H,21,22);1H. The number of hydrogen-bond donors (Lipinski definition) is 1. The van der Waals surface area contributed by atoms with Crippen molar-refractivity contribution in [3.8, 4) is 17.2 Å². The molecular formula is C20H34IN3O5S. The molecule has 30 heavy (non-hydrogen) atoms. The number of ether oxygens (including phenoxy) is 3. The van der Waals surface area contributed by atoms with E-state index in [9.17, 15) is 8.42 Å². The van der Waals surface area contributed by atoms with E-state index in [4.69, 9.17) is 19.2 Å². The Balaban J connectivity index is 0.00000450. The van der Waals surface area contributed by atoms with Crippen LogP contribution in [0.2, 0.25) is 0 Å². The molecule has 2 rings (SSSR count). The van der Waals surface area contributed by atoms with Gasteiger partial charge in [-0.25, -0.2) is 8.42 Å². The van der Waals surface area contributed by atoms with Gasteiger partial charge in [0.25, 0.3) is 0 Å². The Morgan fingerprint density at radius 2 is 1.83 bits per heavy atom. The molecule has 1 fully saturated rings. The number of halogens is 1. The largest absolute Gasteiger partial charge is 0.493 e. The third kappa shape index (κ3) is 5.83. The van der Waals surface area contributed by atoms with Crippen LogP contribution in [0, 0.1) is 0 Å². The monoisotopic (exact) mass is 555 g/mol. The summed E-state index contributed by atoms with van der Waals surface area (Å²) in [5, 5.41) is 3.28. The number of aliphatic imine (C=N–C) groups is 1. The highest BCUT2D eigenvalue weighted by Gasteiger charge is 2.40. The first-order valence-corrected chi connectivity index (χ1v) is 11.4. The number of nitrogens with one attached hydrogen (secondary N) is 1. The zero-order chi connectivity index (χ0) is 21.7. The lowest BCUT2D eigenvalue weighted by Crippen LogP contribution is -2.57. The van der Waals surface area contributed by atoms with E-state index in [1.807, 2.05) is 24.0 Å². The molecule has 0 bridgehead atoms. The van der Waals surface area contributed by atoms with Gasteiger partial charge in [-0.05, 0) is 33.3 Å². The Kier molecular flexibility index (Phi) is 9.99. The van der Waals surface area contributed by atoms with Gasteiger partial charge in [-0.3, -0.25) is 4.99 Å². The third-order valence-electron chi connectivity index (χ3n) is 5.11. The Morgan fingerprint density at radius 3 is 2.37 bits per heavy atom. The molecule has 1 aromatic carbocycles. The van der Waals surface area contributed by atoms with Crippen molar-refractivity contribution in [1.29, 1.82) is 0 Å². The fourth-order valence-electron chi connectivity index (χ4n) is 3.39. The molecule has 1 heterocycles. The van der Waals surface area contributed by atoms with Gasteiger partial charge in [-0.15, -0.1) is 24.0 Å². The van der Waals surface area contributed by atoms with Crippen molar-refractivity contribution >= 4 is 39.8 Å². The molecule has 0 amide bonds. The van der Waals surface area contributed by atoms with Gasteiger partial charge in [0.05, 0.1) is 31.8 Å². The van der Waals surface area contributed by atoms with Crippen LogP contribution in [0.15, 0.2) is 17.1 Å². The normalized spacial score (nSPS) is 17.7. The van der Waals surface area contributed by atoms with Crippen molar-refractivity contribution in [2.45, 2.75) is 31.9 Å². The molecule has 0 atom stereocenters. The number of nitrogens with zero attached hydrogens (tertiary/aromatic N) is 2. The summed E-state index contributed by atoms with van der Waals surface area (Å²) < 4.78 is 40.1. The van der Waals surface area contributed by atoms with Gasteiger partial charge in [0.15, 0.2) is 27.3 Å². The molecule has 0 radical (unpaired) electrons. The van der Waals surface area contributed by atoms with Crippen LogP contribution in [0.25, 0.3) is 0 Å². The maximum Gasteiger partial charge on any atom is 0.203 e. The number of benzene rings is 1. The van der Waals surface area contributed by atoms with Crippen LogP contribution in [-0.2, 0) is 16.3 Å². The van der Waals surface area contributed by atoms with E-state index < -0.39 is 14.6 Å². The topological polar surface area (TPSA) is 89.5 Å². The second-order valence-corrected chi connectivity index (χ2v) is 10.2. The van der Waals surface area contributed by atoms with Crippen molar-refractivity contribution in [1.82, 2.24) is 10.2 Å². The summed E-state index contributed by atoms with van der Waals surface area (Å²) in [4.78, 5) is 6.75. The number of sulfone groups is 1. The number of rotatable bonds is 7. The number of guanidine groups is 1. The molecule has 1 N–H and O–H groups in total. The minimum Gasteiger partial charge on any atom is -0.493 e. The lowest BCUT2D eigenvalue weighted by molar-refractivity contribution is 0.322. The third-order valence-corrected chi connectivity index (χ3v) is 7.64. The summed E-state index contributed by atoms with van der Waals surface area (Å²) in [6, 6.07) is 3.79. The highest BCUT2D eigenvalue weighted by molar-refractivity contribution is 14.0. The molecule has 0 aliphatic carbocycles. The van der Waals surface area contributed by atoms with Gasteiger partial charge in [0.2, 0.25) is 5.75 Å². The lowest BCUT2D eigenvalue weighted by atomic mass is 10.1. The number of methoxy groups -OCH3 is 3. The Morgan fingerprint density at radius 1 is 1.17 bits per heavy atom. The van der Waals surface area contributed by atoms with Crippen LogP contribution < -0.4 is 19.5 Å².